The first-order chi connectivity index (χ1) is 14.6. The fourth-order valence-electron chi connectivity index (χ4n) is 5.47. The Morgan fingerprint density at radius 2 is 2.17 bits per heavy atom. The third-order valence-electron chi connectivity index (χ3n) is 7.08. The van der Waals surface area contributed by atoms with E-state index in [0.717, 1.165) is 48.2 Å². The van der Waals surface area contributed by atoms with Gasteiger partial charge in [-0.2, -0.15) is 0 Å². The van der Waals surface area contributed by atoms with Gasteiger partial charge in [0.1, 0.15) is 11.1 Å². The number of nitrogens with zero attached hydrogens (tertiary/aromatic N) is 1. The van der Waals surface area contributed by atoms with Crippen LogP contribution in [0, 0.1) is 23.6 Å². The molecule has 2 aromatic rings. The largest absolute Gasteiger partial charge is 0.490 e. The van der Waals surface area contributed by atoms with Crippen molar-refractivity contribution in [2.45, 2.75) is 57.3 Å². The maximum absolute atomic E-state index is 14.8. The van der Waals surface area contributed by atoms with E-state index in [1.165, 1.54) is 11.3 Å². The molecule has 5 atom stereocenters. The van der Waals surface area contributed by atoms with E-state index in [1.807, 2.05) is 11.4 Å². The summed E-state index contributed by atoms with van der Waals surface area (Å²) in [5.41, 5.74) is 2.58. The van der Waals surface area contributed by atoms with Crippen molar-refractivity contribution in [3.8, 4) is 5.75 Å². The van der Waals surface area contributed by atoms with Gasteiger partial charge in [0.15, 0.2) is 11.6 Å². The molecule has 30 heavy (non-hydrogen) atoms. The third kappa shape index (κ3) is 3.77. The highest BCUT2D eigenvalue weighted by Gasteiger charge is 2.45. The number of aryl methyl sites for hydroxylation is 1. The Hall–Kier alpha value is -1.54. The lowest BCUT2D eigenvalue weighted by molar-refractivity contribution is 0.0333. The first-order valence-corrected chi connectivity index (χ1v) is 11.8. The molecule has 1 aliphatic heterocycles. The fourth-order valence-corrected chi connectivity index (χ4v) is 6.36. The number of aliphatic hydroxyl groups excluding tert-OH is 2. The van der Waals surface area contributed by atoms with Crippen LogP contribution in [0.25, 0.3) is 0 Å². The van der Waals surface area contributed by atoms with Gasteiger partial charge in [-0.3, -0.25) is 0 Å². The molecule has 2 N–H and O–H groups in total. The smallest absolute Gasteiger partial charge is 0.168 e. The average molecular weight is 434 g/mol. The minimum atomic E-state index is -0.446. The highest BCUT2D eigenvalue weighted by molar-refractivity contribution is 7.09. The third-order valence-corrected chi connectivity index (χ3v) is 8.07. The first-order valence-electron chi connectivity index (χ1n) is 10.9. The van der Waals surface area contributed by atoms with Crippen LogP contribution in [0.3, 0.4) is 0 Å². The number of aromatic nitrogens is 1. The summed E-state index contributed by atoms with van der Waals surface area (Å²) in [5.74, 6) is 0.643. The molecule has 0 bridgehead atoms. The van der Waals surface area contributed by atoms with E-state index in [2.05, 4.69) is 4.98 Å². The lowest BCUT2D eigenvalue weighted by atomic mass is 9.86. The van der Waals surface area contributed by atoms with Crippen LogP contribution in [-0.2, 0) is 24.2 Å². The Bertz CT molecular complexity index is 903. The maximum Gasteiger partial charge on any atom is 0.168 e. The molecule has 2 aliphatic carbocycles. The molecule has 1 saturated carbocycles. The van der Waals surface area contributed by atoms with Gasteiger partial charge >= 0.3 is 0 Å². The van der Waals surface area contributed by atoms with Crippen LogP contribution in [0.4, 0.5) is 4.39 Å². The number of aliphatic hydroxyl groups is 2. The number of rotatable bonds is 5. The van der Waals surface area contributed by atoms with Crippen LogP contribution in [-0.4, -0.2) is 34.5 Å². The Morgan fingerprint density at radius 3 is 3.00 bits per heavy atom. The zero-order valence-electron chi connectivity index (χ0n) is 16.9. The monoisotopic (exact) mass is 433 g/mol. The van der Waals surface area contributed by atoms with Crippen LogP contribution in [0.5, 0.6) is 5.75 Å². The lowest BCUT2D eigenvalue weighted by Crippen LogP contribution is -2.27. The molecule has 7 heteroatoms. The van der Waals surface area contributed by atoms with E-state index >= 15 is 0 Å². The molecular formula is C23H28FNO4S. The van der Waals surface area contributed by atoms with Crippen molar-refractivity contribution in [3.05, 3.63) is 45.2 Å². The molecule has 5 nitrogen and oxygen atoms in total. The van der Waals surface area contributed by atoms with Crippen molar-refractivity contribution in [2.24, 2.45) is 17.8 Å². The molecule has 0 amide bonds. The Kier molecular flexibility index (Phi) is 5.79. The van der Waals surface area contributed by atoms with Gasteiger partial charge in [-0.25, -0.2) is 9.37 Å². The zero-order chi connectivity index (χ0) is 20.7. The number of hydrogen-bond acceptors (Lipinski definition) is 6. The molecule has 1 aromatic carbocycles. The molecule has 0 spiro atoms. The molecular weight excluding hydrogens is 405 g/mol. The van der Waals surface area contributed by atoms with Gasteiger partial charge in [-0.1, -0.05) is 6.07 Å². The van der Waals surface area contributed by atoms with E-state index in [-0.39, 0.29) is 30.4 Å². The topological polar surface area (TPSA) is 71.8 Å². The van der Waals surface area contributed by atoms with Crippen LogP contribution in [0.2, 0.25) is 0 Å². The zero-order valence-corrected chi connectivity index (χ0v) is 17.7. The summed E-state index contributed by atoms with van der Waals surface area (Å²) in [5, 5.41) is 22.7. The number of thiazole rings is 1. The second kappa shape index (κ2) is 8.54. The maximum atomic E-state index is 14.8. The minimum Gasteiger partial charge on any atom is -0.490 e. The normalized spacial score (nSPS) is 30.7. The van der Waals surface area contributed by atoms with Crippen LogP contribution in [0.15, 0.2) is 17.5 Å². The standard InChI is InChI=1S/C23H28FNO4S/c24-22-17-3-1-2-13(17)4-6-20(22)29-11-18-16-5-7-21(23-25-15(9-26)12-30-23)28-10-14(16)8-19(18)27/h4,6,12,14,16,18-19,21,26-27H,1-3,5,7-11H2/t14-,16+,18-,19-,21-/m1/s1. The van der Waals surface area contributed by atoms with Crippen molar-refractivity contribution in [1.29, 1.82) is 0 Å². The predicted octanol–water partition coefficient (Wildman–Crippen LogP) is 3.81. The molecule has 2 heterocycles. The van der Waals surface area contributed by atoms with E-state index < -0.39 is 6.10 Å². The Labute approximate surface area is 179 Å². The van der Waals surface area contributed by atoms with E-state index in [0.29, 0.717) is 37.0 Å². The summed E-state index contributed by atoms with van der Waals surface area (Å²) in [7, 11) is 0. The number of fused-ring (bicyclic) bond motifs is 2. The number of benzene rings is 1. The number of halogens is 1. The molecule has 1 aromatic heterocycles. The summed E-state index contributed by atoms with van der Waals surface area (Å²) in [6.07, 6.45) is 4.66. The number of ether oxygens (including phenoxy) is 2. The molecule has 0 radical (unpaired) electrons. The van der Waals surface area contributed by atoms with Gasteiger partial charge in [0.25, 0.3) is 0 Å². The lowest BCUT2D eigenvalue weighted by Gasteiger charge is -2.24. The van der Waals surface area contributed by atoms with Crippen LogP contribution in [0.1, 0.15) is 53.6 Å². The molecule has 162 valence electrons. The van der Waals surface area contributed by atoms with Crippen molar-refractivity contribution >= 4 is 11.3 Å². The van der Waals surface area contributed by atoms with Gasteiger partial charge in [0, 0.05) is 11.3 Å². The van der Waals surface area contributed by atoms with E-state index in [1.54, 1.807) is 6.07 Å². The minimum absolute atomic E-state index is 0.0192. The first kappa shape index (κ1) is 20.4. The summed E-state index contributed by atoms with van der Waals surface area (Å²) in [6.45, 7) is 0.859. The van der Waals surface area contributed by atoms with Gasteiger partial charge < -0.3 is 19.7 Å². The second-order valence-corrected chi connectivity index (χ2v) is 9.69. The van der Waals surface area contributed by atoms with Crippen molar-refractivity contribution in [3.63, 3.8) is 0 Å². The average Bonchev–Trinajstić information content (AvgIpc) is 3.45. The van der Waals surface area contributed by atoms with Crippen LogP contribution < -0.4 is 4.74 Å². The highest BCUT2D eigenvalue weighted by atomic mass is 32.1. The number of hydrogen-bond donors (Lipinski definition) is 2. The van der Waals surface area contributed by atoms with Gasteiger partial charge in [-0.05, 0) is 67.6 Å². The highest BCUT2D eigenvalue weighted by Crippen LogP contribution is 2.45. The van der Waals surface area contributed by atoms with Gasteiger partial charge in [-0.15, -0.1) is 11.3 Å². The fraction of sp³-hybridized carbons (Fsp3) is 0.609. The predicted molar refractivity (Wildman–Crippen MR) is 111 cm³/mol. The molecule has 3 aliphatic rings. The summed E-state index contributed by atoms with van der Waals surface area (Å²) in [4.78, 5) is 4.46. The summed E-state index contributed by atoms with van der Waals surface area (Å²) < 4.78 is 26.8. The van der Waals surface area contributed by atoms with Crippen molar-refractivity contribution in [2.75, 3.05) is 13.2 Å². The summed E-state index contributed by atoms with van der Waals surface area (Å²) in [6, 6.07) is 3.72. The van der Waals surface area contributed by atoms with Crippen LogP contribution >= 0.6 is 11.3 Å². The second-order valence-electron chi connectivity index (χ2n) is 8.81. The van der Waals surface area contributed by atoms with E-state index in [4.69, 9.17) is 9.47 Å². The Balaban J connectivity index is 1.25. The van der Waals surface area contributed by atoms with E-state index in [9.17, 15) is 14.6 Å². The molecule has 1 saturated heterocycles. The quantitative estimate of drug-likeness (QED) is 0.750. The SMILES string of the molecule is OCc1csc([C@H]2CC[C@H]3[C@@H](CO2)C[C@@H](O)[C@@H]3COc2ccc3c(c2F)CCC3)n1. The Morgan fingerprint density at radius 1 is 1.27 bits per heavy atom. The van der Waals surface area contributed by atoms with Gasteiger partial charge in [0.2, 0.25) is 0 Å². The molecule has 0 unspecified atom stereocenters. The molecule has 2 fully saturated rings. The summed E-state index contributed by atoms with van der Waals surface area (Å²) >= 11 is 1.53. The van der Waals surface area contributed by atoms with Crippen molar-refractivity contribution < 1.29 is 24.1 Å². The van der Waals surface area contributed by atoms with Crippen molar-refractivity contribution in [1.82, 2.24) is 4.98 Å². The molecule has 5 rings (SSSR count). The van der Waals surface area contributed by atoms with Gasteiger partial charge in [0.05, 0.1) is 31.6 Å².